The summed E-state index contributed by atoms with van der Waals surface area (Å²) in [5.41, 5.74) is 1.85. The van der Waals surface area contributed by atoms with E-state index < -0.39 is 6.10 Å². The van der Waals surface area contributed by atoms with Crippen LogP contribution in [0.25, 0.3) is 0 Å². The molecule has 1 unspecified atom stereocenters. The standard InChI is InChI=1S/C17H21N3O2/c1-3-18-11-14-7-4-5-9-16(14)20-17(21)13(2)22-15-8-6-10-19-12-15/h4-10,12-13,18H,3,11H2,1-2H3,(H,20,21). The minimum absolute atomic E-state index is 0.187. The van der Waals surface area contributed by atoms with Crippen LogP contribution in [0.15, 0.2) is 48.8 Å². The Morgan fingerprint density at radius 3 is 2.82 bits per heavy atom. The number of amides is 1. The molecule has 1 atom stereocenters. The highest BCUT2D eigenvalue weighted by molar-refractivity contribution is 5.94. The minimum Gasteiger partial charge on any atom is -0.479 e. The predicted molar refractivity (Wildman–Crippen MR) is 86.8 cm³/mol. The van der Waals surface area contributed by atoms with Crippen molar-refractivity contribution in [2.45, 2.75) is 26.5 Å². The maximum atomic E-state index is 12.3. The van der Waals surface area contributed by atoms with Crippen LogP contribution in [0.5, 0.6) is 5.75 Å². The second kappa shape index (κ2) is 8.14. The molecule has 1 aromatic heterocycles. The van der Waals surface area contributed by atoms with Crippen molar-refractivity contribution >= 4 is 11.6 Å². The van der Waals surface area contributed by atoms with Crippen molar-refractivity contribution in [1.29, 1.82) is 0 Å². The molecule has 1 heterocycles. The Hall–Kier alpha value is -2.40. The molecule has 2 rings (SSSR count). The summed E-state index contributed by atoms with van der Waals surface area (Å²) in [6.45, 7) is 5.36. The first-order valence-corrected chi connectivity index (χ1v) is 7.37. The Morgan fingerprint density at radius 2 is 2.09 bits per heavy atom. The molecule has 0 saturated heterocycles. The van der Waals surface area contributed by atoms with Gasteiger partial charge in [-0.25, -0.2) is 0 Å². The average molecular weight is 299 g/mol. The maximum absolute atomic E-state index is 12.3. The number of carbonyl (C=O) groups excluding carboxylic acids is 1. The Morgan fingerprint density at radius 1 is 1.27 bits per heavy atom. The quantitative estimate of drug-likeness (QED) is 0.825. The molecule has 0 aliphatic carbocycles. The van der Waals surface area contributed by atoms with Gasteiger partial charge in [0.05, 0.1) is 6.20 Å². The summed E-state index contributed by atoms with van der Waals surface area (Å²) in [4.78, 5) is 16.2. The van der Waals surface area contributed by atoms with E-state index >= 15 is 0 Å². The van der Waals surface area contributed by atoms with Gasteiger partial charge >= 0.3 is 0 Å². The van der Waals surface area contributed by atoms with E-state index in [4.69, 9.17) is 4.74 Å². The van der Waals surface area contributed by atoms with Crippen molar-refractivity contribution in [2.24, 2.45) is 0 Å². The topological polar surface area (TPSA) is 63.2 Å². The second-order valence-corrected chi connectivity index (χ2v) is 4.88. The van der Waals surface area contributed by atoms with Crippen LogP contribution < -0.4 is 15.4 Å². The number of carbonyl (C=O) groups is 1. The number of hydrogen-bond acceptors (Lipinski definition) is 4. The molecule has 1 amide bonds. The van der Waals surface area contributed by atoms with Crippen molar-refractivity contribution in [3.05, 3.63) is 54.4 Å². The van der Waals surface area contributed by atoms with Gasteiger partial charge in [-0.05, 0) is 37.2 Å². The number of ether oxygens (including phenoxy) is 1. The van der Waals surface area contributed by atoms with Gasteiger partial charge in [-0.3, -0.25) is 9.78 Å². The monoisotopic (exact) mass is 299 g/mol. The van der Waals surface area contributed by atoms with Gasteiger partial charge in [-0.2, -0.15) is 0 Å². The fourth-order valence-corrected chi connectivity index (χ4v) is 1.96. The molecule has 22 heavy (non-hydrogen) atoms. The number of para-hydroxylation sites is 1. The molecule has 0 aliphatic rings. The number of rotatable bonds is 7. The molecule has 0 radical (unpaired) electrons. The van der Waals surface area contributed by atoms with Gasteiger partial charge in [0.25, 0.3) is 5.91 Å². The summed E-state index contributed by atoms with van der Waals surface area (Å²) in [6, 6.07) is 11.3. The number of pyridine rings is 1. The van der Waals surface area contributed by atoms with Crippen molar-refractivity contribution in [3.8, 4) is 5.75 Å². The van der Waals surface area contributed by atoms with Crippen molar-refractivity contribution in [3.63, 3.8) is 0 Å². The molecule has 0 fully saturated rings. The van der Waals surface area contributed by atoms with E-state index in [9.17, 15) is 4.79 Å². The van der Waals surface area contributed by atoms with Crippen LogP contribution in [-0.4, -0.2) is 23.5 Å². The number of nitrogens with one attached hydrogen (secondary N) is 2. The first-order valence-electron chi connectivity index (χ1n) is 7.37. The summed E-state index contributed by atoms with van der Waals surface area (Å²) in [6.07, 6.45) is 2.65. The third kappa shape index (κ3) is 4.56. The summed E-state index contributed by atoms with van der Waals surface area (Å²) in [5, 5.41) is 6.17. The van der Waals surface area contributed by atoms with Crippen molar-refractivity contribution in [1.82, 2.24) is 10.3 Å². The molecule has 0 aliphatic heterocycles. The first kappa shape index (κ1) is 16.0. The van der Waals surface area contributed by atoms with Crippen LogP contribution in [0.3, 0.4) is 0 Å². The van der Waals surface area contributed by atoms with E-state index in [1.807, 2.05) is 31.2 Å². The number of hydrogen-bond donors (Lipinski definition) is 2. The highest BCUT2D eigenvalue weighted by atomic mass is 16.5. The van der Waals surface area contributed by atoms with Crippen LogP contribution in [0, 0.1) is 0 Å². The van der Waals surface area contributed by atoms with Crippen LogP contribution >= 0.6 is 0 Å². The maximum Gasteiger partial charge on any atom is 0.265 e. The average Bonchev–Trinajstić information content (AvgIpc) is 2.55. The zero-order valence-corrected chi connectivity index (χ0v) is 12.9. The minimum atomic E-state index is -0.601. The molecular formula is C17H21N3O2. The SMILES string of the molecule is CCNCc1ccccc1NC(=O)C(C)Oc1cccnc1. The largest absolute Gasteiger partial charge is 0.479 e. The Labute approximate surface area is 130 Å². The highest BCUT2D eigenvalue weighted by Crippen LogP contribution is 2.16. The predicted octanol–water partition coefficient (Wildman–Crippen LogP) is 2.60. The lowest BCUT2D eigenvalue weighted by molar-refractivity contribution is -0.122. The third-order valence-corrected chi connectivity index (χ3v) is 3.16. The Bertz CT molecular complexity index is 602. The van der Waals surface area contributed by atoms with Gasteiger partial charge in [0.2, 0.25) is 0 Å². The van der Waals surface area contributed by atoms with E-state index in [0.29, 0.717) is 12.3 Å². The molecule has 116 valence electrons. The fraction of sp³-hybridized carbons (Fsp3) is 0.294. The highest BCUT2D eigenvalue weighted by Gasteiger charge is 2.16. The Balaban J connectivity index is 1.99. The van der Waals surface area contributed by atoms with Crippen LogP contribution in [0.2, 0.25) is 0 Å². The zero-order chi connectivity index (χ0) is 15.8. The summed E-state index contributed by atoms with van der Waals surface area (Å²) >= 11 is 0. The third-order valence-electron chi connectivity index (χ3n) is 3.16. The number of benzene rings is 1. The smallest absolute Gasteiger partial charge is 0.265 e. The fourth-order valence-electron chi connectivity index (χ4n) is 1.96. The molecule has 5 nitrogen and oxygen atoms in total. The lowest BCUT2D eigenvalue weighted by Crippen LogP contribution is -2.30. The van der Waals surface area contributed by atoms with Gasteiger partial charge < -0.3 is 15.4 Å². The van der Waals surface area contributed by atoms with Crippen LogP contribution in [0.1, 0.15) is 19.4 Å². The molecule has 2 aromatic rings. The second-order valence-electron chi connectivity index (χ2n) is 4.88. The van der Waals surface area contributed by atoms with E-state index in [-0.39, 0.29) is 5.91 Å². The van der Waals surface area contributed by atoms with Gasteiger partial charge in [-0.1, -0.05) is 25.1 Å². The lowest BCUT2D eigenvalue weighted by Gasteiger charge is -2.16. The molecule has 2 N–H and O–H groups in total. The number of nitrogens with zero attached hydrogens (tertiary/aromatic N) is 1. The van der Waals surface area contributed by atoms with Gasteiger partial charge in [0.15, 0.2) is 6.10 Å². The molecular weight excluding hydrogens is 278 g/mol. The lowest BCUT2D eigenvalue weighted by atomic mass is 10.1. The van der Waals surface area contributed by atoms with E-state index in [0.717, 1.165) is 17.8 Å². The summed E-state index contributed by atoms with van der Waals surface area (Å²) < 4.78 is 5.58. The van der Waals surface area contributed by atoms with E-state index in [2.05, 4.69) is 15.6 Å². The van der Waals surface area contributed by atoms with Crippen LogP contribution in [0.4, 0.5) is 5.69 Å². The summed E-state index contributed by atoms with van der Waals surface area (Å²) in [7, 11) is 0. The van der Waals surface area contributed by atoms with Gasteiger partial charge in [-0.15, -0.1) is 0 Å². The number of aromatic nitrogens is 1. The molecule has 1 aromatic carbocycles. The van der Waals surface area contributed by atoms with E-state index in [1.165, 1.54) is 0 Å². The van der Waals surface area contributed by atoms with Crippen molar-refractivity contribution < 1.29 is 9.53 Å². The van der Waals surface area contributed by atoms with E-state index in [1.54, 1.807) is 31.5 Å². The number of anilines is 1. The summed E-state index contributed by atoms with van der Waals surface area (Å²) in [5.74, 6) is 0.388. The molecule has 5 heteroatoms. The van der Waals surface area contributed by atoms with Gasteiger partial charge in [0, 0.05) is 18.4 Å². The molecule has 0 saturated carbocycles. The normalized spacial score (nSPS) is 11.7. The van der Waals surface area contributed by atoms with Crippen molar-refractivity contribution in [2.75, 3.05) is 11.9 Å². The zero-order valence-electron chi connectivity index (χ0n) is 12.9. The van der Waals surface area contributed by atoms with Gasteiger partial charge in [0.1, 0.15) is 5.75 Å². The van der Waals surface area contributed by atoms with Crippen LogP contribution in [-0.2, 0) is 11.3 Å². The molecule has 0 bridgehead atoms. The molecule has 0 spiro atoms. The first-order chi connectivity index (χ1) is 10.7. The Kier molecular flexibility index (Phi) is 5.91.